The van der Waals surface area contributed by atoms with E-state index < -0.39 is 24.0 Å². The summed E-state index contributed by atoms with van der Waals surface area (Å²) in [6.45, 7) is 5.70. The number of esters is 1. The van der Waals surface area contributed by atoms with Gasteiger partial charge < -0.3 is 9.84 Å². The molecule has 4 heteroatoms. The molecule has 2 unspecified atom stereocenters. The van der Waals surface area contributed by atoms with Crippen LogP contribution in [0.25, 0.3) is 0 Å². The summed E-state index contributed by atoms with van der Waals surface area (Å²) in [5, 5.41) is 9.08. The predicted molar refractivity (Wildman–Crippen MR) is 72.8 cm³/mol. The molecule has 0 aromatic carbocycles. The standard InChI is InChI=1S/C15H24O4/c1-3-4-5-6-7-8-9-10-12-13(14(16)17)11(2)15(18)19-12/h12-13H,2-10H2,1H3,(H,16,17). The van der Waals surface area contributed by atoms with Crippen LogP contribution in [-0.4, -0.2) is 23.1 Å². The molecule has 108 valence electrons. The highest BCUT2D eigenvalue weighted by molar-refractivity contribution is 5.97. The van der Waals surface area contributed by atoms with Crippen LogP contribution in [0.15, 0.2) is 12.2 Å². The summed E-state index contributed by atoms with van der Waals surface area (Å²) in [7, 11) is 0. The highest BCUT2D eigenvalue weighted by atomic mass is 16.6. The Kier molecular flexibility index (Phi) is 6.60. The van der Waals surface area contributed by atoms with Crippen LogP contribution in [0, 0.1) is 5.92 Å². The van der Waals surface area contributed by atoms with Gasteiger partial charge in [0.05, 0.1) is 0 Å². The molecule has 0 bridgehead atoms. The number of carbonyl (C=O) groups is 2. The van der Waals surface area contributed by atoms with Crippen LogP contribution in [0.5, 0.6) is 0 Å². The summed E-state index contributed by atoms with van der Waals surface area (Å²) in [5.41, 5.74) is 0.0837. The fourth-order valence-corrected chi connectivity index (χ4v) is 2.47. The van der Waals surface area contributed by atoms with Crippen LogP contribution in [0.1, 0.15) is 58.3 Å². The number of aliphatic carboxylic acids is 1. The van der Waals surface area contributed by atoms with Gasteiger partial charge in [0, 0.05) is 5.57 Å². The Bertz CT molecular complexity index is 335. The maximum Gasteiger partial charge on any atom is 0.334 e. The second-order valence-corrected chi connectivity index (χ2v) is 5.19. The quantitative estimate of drug-likeness (QED) is 0.396. The minimum atomic E-state index is -1.01. The minimum absolute atomic E-state index is 0.0837. The lowest BCUT2D eigenvalue weighted by atomic mass is 9.93. The van der Waals surface area contributed by atoms with Gasteiger partial charge in [0.25, 0.3) is 0 Å². The van der Waals surface area contributed by atoms with Crippen molar-refractivity contribution >= 4 is 11.9 Å². The van der Waals surface area contributed by atoms with Gasteiger partial charge in [-0.1, -0.05) is 52.0 Å². The summed E-state index contributed by atoms with van der Waals surface area (Å²) in [6, 6.07) is 0. The highest BCUT2D eigenvalue weighted by Gasteiger charge is 2.42. The van der Waals surface area contributed by atoms with Crippen LogP contribution < -0.4 is 0 Å². The third-order valence-electron chi connectivity index (χ3n) is 3.63. The van der Waals surface area contributed by atoms with E-state index in [1.807, 2.05) is 0 Å². The fourth-order valence-electron chi connectivity index (χ4n) is 2.47. The molecular formula is C15H24O4. The largest absolute Gasteiger partial charge is 0.481 e. The molecule has 1 rings (SSSR count). The molecule has 1 aliphatic heterocycles. The van der Waals surface area contributed by atoms with Crippen molar-refractivity contribution in [1.29, 1.82) is 0 Å². The zero-order valence-corrected chi connectivity index (χ0v) is 11.7. The molecule has 1 aliphatic rings. The number of rotatable bonds is 9. The minimum Gasteiger partial charge on any atom is -0.481 e. The predicted octanol–water partition coefficient (Wildman–Crippen LogP) is 3.31. The van der Waals surface area contributed by atoms with Crippen LogP contribution in [0.2, 0.25) is 0 Å². The van der Waals surface area contributed by atoms with Crippen molar-refractivity contribution in [3.05, 3.63) is 12.2 Å². The van der Waals surface area contributed by atoms with Crippen LogP contribution in [0.4, 0.5) is 0 Å². The maximum absolute atomic E-state index is 11.3. The number of carbonyl (C=O) groups excluding carboxylic acids is 1. The molecule has 2 atom stereocenters. The molecular weight excluding hydrogens is 244 g/mol. The van der Waals surface area contributed by atoms with Crippen molar-refractivity contribution in [3.8, 4) is 0 Å². The molecule has 1 heterocycles. The first-order valence-electron chi connectivity index (χ1n) is 7.20. The highest BCUT2D eigenvalue weighted by Crippen LogP contribution is 2.30. The smallest absolute Gasteiger partial charge is 0.334 e. The summed E-state index contributed by atoms with van der Waals surface area (Å²) in [5.74, 6) is -2.42. The van der Waals surface area contributed by atoms with E-state index in [9.17, 15) is 9.59 Å². The third kappa shape index (κ3) is 4.69. The van der Waals surface area contributed by atoms with Crippen LogP contribution >= 0.6 is 0 Å². The van der Waals surface area contributed by atoms with Gasteiger partial charge in [-0.25, -0.2) is 4.79 Å². The summed E-state index contributed by atoms with van der Waals surface area (Å²) >= 11 is 0. The second kappa shape index (κ2) is 7.97. The SMILES string of the molecule is C=C1C(=O)OC(CCCCCCCCC)C1C(=O)O. The van der Waals surface area contributed by atoms with Gasteiger partial charge in [0.15, 0.2) is 0 Å². The number of hydrogen-bond donors (Lipinski definition) is 1. The van der Waals surface area contributed by atoms with Crippen molar-refractivity contribution in [3.63, 3.8) is 0 Å². The van der Waals surface area contributed by atoms with Gasteiger partial charge in [-0.2, -0.15) is 0 Å². The fraction of sp³-hybridized carbons (Fsp3) is 0.733. The molecule has 4 nitrogen and oxygen atoms in total. The molecule has 1 N–H and O–H groups in total. The first-order valence-corrected chi connectivity index (χ1v) is 7.20. The van der Waals surface area contributed by atoms with Crippen molar-refractivity contribution in [2.45, 2.75) is 64.4 Å². The van der Waals surface area contributed by atoms with Crippen LogP contribution in [-0.2, 0) is 14.3 Å². The Labute approximate surface area is 114 Å². The number of hydrogen-bond acceptors (Lipinski definition) is 3. The van der Waals surface area contributed by atoms with Gasteiger partial charge in [-0.15, -0.1) is 0 Å². The first kappa shape index (κ1) is 15.7. The average Bonchev–Trinajstić information content (AvgIpc) is 2.64. The monoisotopic (exact) mass is 268 g/mol. The zero-order chi connectivity index (χ0) is 14.3. The third-order valence-corrected chi connectivity index (χ3v) is 3.63. The second-order valence-electron chi connectivity index (χ2n) is 5.19. The topological polar surface area (TPSA) is 63.6 Å². The zero-order valence-electron chi connectivity index (χ0n) is 11.7. The number of cyclic esters (lactones) is 1. The van der Waals surface area contributed by atoms with E-state index in [4.69, 9.17) is 9.84 Å². The molecule has 1 saturated heterocycles. The maximum atomic E-state index is 11.3. The van der Waals surface area contributed by atoms with Gasteiger partial charge in [0.1, 0.15) is 12.0 Å². The molecule has 0 radical (unpaired) electrons. The van der Waals surface area contributed by atoms with E-state index in [0.29, 0.717) is 6.42 Å². The lowest BCUT2D eigenvalue weighted by Crippen LogP contribution is -2.24. The van der Waals surface area contributed by atoms with E-state index in [2.05, 4.69) is 13.5 Å². The molecule has 0 amide bonds. The van der Waals surface area contributed by atoms with Crippen molar-refractivity contribution in [1.82, 2.24) is 0 Å². The number of unbranched alkanes of at least 4 members (excludes halogenated alkanes) is 6. The first-order chi connectivity index (χ1) is 9.07. The van der Waals surface area contributed by atoms with E-state index in [0.717, 1.165) is 12.8 Å². The van der Waals surface area contributed by atoms with E-state index in [1.54, 1.807) is 0 Å². The van der Waals surface area contributed by atoms with Crippen molar-refractivity contribution < 1.29 is 19.4 Å². The molecule has 0 aromatic heterocycles. The Morgan fingerprint density at radius 2 is 1.79 bits per heavy atom. The van der Waals surface area contributed by atoms with Gasteiger partial charge >= 0.3 is 11.9 Å². The number of ether oxygens (including phenoxy) is 1. The average molecular weight is 268 g/mol. The normalized spacial score (nSPS) is 22.6. The Morgan fingerprint density at radius 3 is 2.37 bits per heavy atom. The summed E-state index contributed by atoms with van der Waals surface area (Å²) < 4.78 is 5.07. The van der Waals surface area contributed by atoms with Gasteiger partial charge in [-0.05, 0) is 12.8 Å². The molecule has 0 aromatic rings. The van der Waals surface area contributed by atoms with Crippen LogP contribution in [0.3, 0.4) is 0 Å². The molecule has 1 fully saturated rings. The van der Waals surface area contributed by atoms with Gasteiger partial charge in [-0.3, -0.25) is 4.79 Å². The molecule has 19 heavy (non-hydrogen) atoms. The van der Waals surface area contributed by atoms with E-state index in [1.165, 1.54) is 32.1 Å². The Morgan fingerprint density at radius 1 is 1.21 bits per heavy atom. The molecule has 0 saturated carbocycles. The Hall–Kier alpha value is -1.32. The summed E-state index contributed by atoms with van der Waals surface area (Å²) in [6.07, 6.45) is 8.25. The lowest BCUT2D eigenvalue weighted by Gasteiger charge is -2.13. The van der Waals surface area contributed by atoms with Gasteiger partial charge in [0.2, 0.25) is 0 Å². The summed E-state index contributed by atoms with van der Waals surface area (Å²) in [4.78, 5) is 22.4. The molecule has 0 spiro atoms. The van der Waals surface area contributed by atoms with Crippen molar-refractivity contribution in [2.75, 3.05) is 0 Å². The lowest BCUT2D eigenvalue weighted by molar-refractivity contribution is -0.144. The van der Waals surface area contributed by atoms with E-state index in [-0.39, 0.29) is 5.57 Å². The van der Waals surface area contributed by atoms with E-state index >= 15 is 0 Å². The van der Waals surface area contributed by atoms with Crippen molar-refractivity contribution in [2.24, 2.45) is 5.92 Å². The number of carboxylic acid groups (broad SMARTS) is 1. The Balaban J connectivity index is 2.23. The number of carboxylic acids is 1. The molecule has 0 aliphatic carbocycles.